The SMILES string of the molecule is BrCCNCc1ccco1. The summed E-state index contributed by atoms with van der Waals surface area (Å²) in [7, 11) is 0. The quantitative estimate of drug-likeness (QED) is 0.597. The van der Waals surface area contributed by atoms with E-state index in [0.29, 0.717) is 0 Å². The molecule has 0 bridgehead atoms. The van der Waals surface area contributed by atoms with Crippen molar-refractivity contribution in [2.45, 2.75) is 6.54 Å². The summed E-state index contributed by atoms with van der Waals surface area (Å²) < 4.78 is 5.10. The summed E-state index contributed by atoms with van der Waals surface area (Å²) >= 11 is 3.32. The summed E-state index contributed by atoms with van der Waals surface area (Å²) in [6.45, 7) is 1.79. The van der Waals surface area contributed by atoms with E-state index in [1.165, 1.54) is 0 Å². The standard InChI is InChI=1S/C7H10BrNO/c8-3-4-9-6-7-2-1-5-10-7/h1-2,5,9H,3-4,6H2. The molecule has 1 heterocycles. The zero-order valence-corrected chi connectivity index (χ0v) is 7.23. The molecule has 1 aromatic heterocycles. The molecular formula is C7H10BrNO. The summed E-state index contributed by atoms with van der Waals surface area (Å²) in [5.41, 5.74) is 0. The lowest BCUT2D eigenvalue weighted by Crippen LogP contribution is -2.14. The van der Waals surface area contributed by atoms with E-state index < -0.39 is 0 Å². The van der Waals surface area contributed by atoms with Crippen molar-refractivity contribution >= 4 is 15.9 Å². The van der Waals surface area contributed by atoms with Crippen LogP contribution in [0.25, 0.3) is 0 Å². The van der Waals surface area contributed by atoms with Crippen LogP contribution in [0.5, 0.6) is 0 Å². The van der Waals surface area contributed by atoms with Gasteiger partial charge in [-0.2, -0.15) is 0 Å². The molecule has 0 saturated carbocycles. The van der Waals surface area contributed by atoms with E-state index in [1.54, 1.807) is 6.26 Å². The molecular weight excluding hydrogens is 194 g/mol. The molecule has 56 valence electrons. The van der Waals surface area contributed by atoms with Gasteiger partial charge in [-0.05, 0) is 12.1 Å². The molecule has 0 spiro atoms. The molecule has 1 N–H and O–H groups in total. The maximum absolute atomic E-state index is 5.10. The minimum atomic E-state index is 0.818. The molecule has 1 aromatic rings. The van der Waals surface area contributed by atoms with Gasteiger partial charge in [0.05, 0.1) is 12.8 Å². The Hall–Kier alpha value is -0.280. The number of hydrogen-bond acceptors (Lipinski definition) is 2. The molecule has 0 aliphatic rings. The van der Waals surface area contributed by atoms with Crippen LogP contribution in [0.3, 0.4) is 0 Å². The zero-order chi connectivity index (χ0) is 7.23. The van der Waals surface area contributed by atoms with Gasteiger partial charge in [0, 0.05) is 11.9 Å². The van der Waals surface area contributed by atoms with Crippen molar-refractivity contribution in [1.82, 2.24) is 5.32 Å². The fourth-order valence-corrected chi connectivity index (χ4v) is 0.972. The van der Waals surface area contributed by atoms with Crippen molar-refractivity contribution in [2.75, 3.05) is 11.9 Å². The van der Waals surface area contributed by atoms with Crippen molar-refractivity contribution in [1.29, 1.82) is 0 Å². The molecule has 2 nitrogen and oxygen atoms in total. The fourth-order valence-electron chi connectivity index (χ4n) is 0.692. The van der Waals surface area contributed by atoms with Gasteiger partial charge in [-0.1, -0.05) is 15.9 Å². The molecule has 0 aliphatic heterocycles. The van der Waals surface area contributed by atoms with E-state index in [2.05, 4.69) is 21.2 Å². The first-order chi connectivity index (χ1) is 4.93. The zero-order valence-electron chi connectivity index (χ0n) is 5.64. The second kappa shape index (κ2) is 4.52. The Kier molecular flexibility index (Phi) is 3.54. The summed E-state index contributed by atoms with van der Waals surface area (Å²) in [6.07, 6.45) is 1.69. The lowest BCUT2D eigenvalue weighted by atomic mass is 10.4. The van der Waals surface area contributed by atoms with E-state index in [0.717, 1.165) is 24.2 Å². The highest BCUT2D eigenvalue weighted by atomic mass is 79.9. The molecule has 0 fully saturated rings. The molecule has 0 radical (unpaired) electrons. The highest BCUT2D eigenvalue weighted by Crippen LogP contribution is 1.97. The van der Waals surface area contributed by atoms with Gasteiger partial charge in [-0.15, -0.1) is 0 Å². The molecule has 0 aliphatic carbocycles. The first kappa shape index (κ1) is 7.82. The molecule has 10 heavy (non-hydrogen) atoms. The number of hydrogen-bond donors (Lipinski definition) is 1. The van der Waals surface area contributed by atoms with E-state index in [9.17, 15) is 0 Å². The predicted octanol–water partition coefficient (Wildman–Crippen LogP) is 1.76. The molecule has 0 atom stereocenters. The van der Waals surface area contributed by atoms with E-state index in [1.807, 2.05) is 12.1 Å². The van der Waals surface area contributed by atoms with Gasteiger partial charge in [-0.25, -0.2) is 0 Å². The highest BCUT2D eigenvalue weighted by molar-refractivity contribution is 9.09. The monoisotopic (exact) mass is 203 g/mol. The Morgan fingerprint density at radius 2 is 2.50 bits per heavy atom. The minimum absolute atomic E-state index is 0.818. The van der Waals surface area contributed by atoms with Crippen molar-refractivity contribution in [3.05, 3.63) is 24.2 Å². The average Bonchev–Trinajstić information content (AvgIpc) is 2.41. The lowest BCUT2D eigenvalue weighted by Gasteiger charge is -1.96. The van der Waals surface area contributed by atoms with Crippen LogP contribution in [0.4, 0.5) is 0 Å². The maximum atomic E-state index is 5.10. The highest BCUT2D eigenvalue weighted by Gasteiger charge is 1.91. The van der Waals surface area contributed by atoms with E-state index >= 15 is 0 Å². The number of furan rings is 1. The summed E-state index contributed by atoms with van der Waals surface area (Å²) in [4.78, 5) is 0. The Bertz CT molecular complexity index is 162. The second-order valence-electron chi connectivity index (χ2n) is 1.95. The lowest BCUT2D eigenvalue weighted by molar-refractivity contribution is 0.488. The third-order valence-electron chi connectivity index (χ3n) is 1.15. The van der Waals surface area contributed by atoms with Gasteiger partial charge in [0.25, 0.3) is 0 Å². The third-order valence-corrected chi connectivity index (χ3v) is 1.55. The largest absolute Gasteiger partial charge is 0.468 e. The van der Waals surface area contributed by atoms with Gasteiger partial charge < -0.3 is 9.73 Å². The average molecular weight is 204 g/mol. The maximum Gasteiger partial charge on any atom is 0.117 e. The van der Waals surface area contributed by atoms with Crippen molar-refractivity contribution in [3.63, 3.8) is 0 Å². The topological polar surface area (TPSA) is 25.2 Å². The summed E-state index contributed by atoms with van der Waals surface area (Å²) in [6, 6.07) is 3.85. The van der Waals surface area contributed by atoms with Crippen LogP contribution in [0, 0.1) is 0 Å². The first-order valence-electron chi connectivity index (χ1n) is 3.22. The van der Waals surface area contributed by atoms with Crippen molar-refractivity contribution < 1.29 is 4.42 Å². The first-order valence-corrected chi connectivity index (χ1v) is 4.34. The van der Waals surface area contributed by atoms with Gasteiger partial charge in [0.1, 0.15) is 5.76 Å². The van der Waals surface area contributed by atoms with E-state index in [4.69, 9.17) is 4.42 Å². The fraction of sp³-hybridized carbons (Fsp3) is 0.429. The minimum Gasteiger partial charge on any atom is -0.468 e. The number of halogens is 1. The smallest absolute Gasteiger partial charge is 0.117 e. The predicted molar refractivity (Wildman–Crippen MR) is 44.2 cm³/mol. The third kappa shape index (κ3) is 2.54. The number of alkyl halides is 1. The Balaban J connectivity index is 2.15. The molecule has 0 unspecified atom stereocenters. The molecule has 3 heteroatoms. The van der Waals surface area contributed by atoms with Crippen LogP contribution in [0.15, 0.2) is 22.8 Å². The van der Waals surface area contributed by atoms with Crippen molar-refractivity contribution in [3.8, 4) is 0 Å². The second-order valence-corrected chi connectivity index (χ2v) is 2.74. The Labute approximate surface area is 68.7 Å². The van der Waals surface area contributed by atoms with Gasteiger partial charge >= 0.3 is 0 Å². The van der Waals surface area contributed by atoms with Gasteiger partial charge in [0.15, 0.2) is 0 Å². The number of rotatable bonds is 4. The molecule has 0 aromatic carbocycles. The van der Waals surface area contributed by atoms with Crippen LogP contribution in [0.2, 0.25) is 0 Å². The van der Waals surface area contributed by atoms with Crippen LogP contribution < -0.4 is 5.32 Å². The van der Waals surface area contributed by atoms with Crippen LogP contribution in [-0.2, 0) is 6.54 Å². The van der Waals surface area contributed by atoms with E-state index in [-0.39, 0.29) is 0 Å². The van der Waals surface area contributed by atoms with Crippen LogP contribution in [0.1, 0.15) is 5.76 Å². The van der Waals surface area contributed by atoms with Crippen LogP contribution >= 0.6 is 15.9 Å². The Morgan fingerprint density at radius 3 is 3.10 bits per heavy atom. The molecule has 1 rings (SSSR count). The molecule has 0 saturated heterocycles. The summed E-state index contributed by atoms with van der Waals surface area (Å²) in [5, 5.41) is 4.18. The van der Waals surface area contributed by atoms with Gasteiger partial charge in [-0.3, -0.25) is 0 Å². The van der Waals surface area contributed by atoms with Gasteiger partial charge in [0.2, 0.25) is 0 Å². The normalized spacial score (nSPS) is 10.1. The number of nitrogens with one attached hydrogen (secondary N) is 1. The molecule has 0 amide bonds. The Morgan fingerprint density at radius 1 is 1.60 bits per heavy atom. The summed E-state index contributed by atoms with van der Waals surface area (Å²) in [5.74, 6) is 0.987. The van der Waals surface area contributed by atoms with Crippen LogP contribution in [-0.4, -0.2) is 11.9 Å². The van der Waals surface area contributed by atoms with Crippen molar-refractivity contribution in [2.24, 2.45) is 0 Å².